The van der Waals surface area contributed by atoms with Gasteiger partial charge in [0.1, 0.15) is 0 Å². The third kappa shape index (κ3) is 3.77. The van der Waals surface area contributed by atoms with Crippen LogP contribution >= 0.6 is 0 Å². The smallest absolute Gasteiger partial charge is 0.240 e. The number of carbonyl (C=O) groups excluding carboxylic acids is 2. The maximum absolute atomic E-state index is 13.3. The van der Waals surface area contributed by atoms with Crippen molar-refractivity contribution >= 4 is 11.8 Å². The standard InChI is InChI=1S/C20H33N3O3/c24-19(17-6-3-7-17)22-10-8-21(9-11-22)18(16-4-1-2-5-16)20(25)23-12-14-26-15-13-23/h16-18H,1-15H2. The van der Waals surface area contributed by atoms with Crippen LogP contribution in [0.4, 0.5) is 0 Å². The molecule has 0 aromatic carbocycles. The summed E-state index contributed by atoms with van der Waals surface area (Å²) in [6, 6.07) is 0.0107. The molecule has 0 aromatic rings. The second kappa shape index (κ2) is 8.26. The molecule has 0 N–H and O–H groups in total. The molecule has 2 aliphatic heterocycles. The van der Waals surface area contributed by atoms with E-state index in [-0.39, 0.29) is 12.0 Å². The minimum Gasteiger partial charge on any atom is -0.378 e. The van der Waals surface area contributed by atoms with Crippen LogP contribution in [0.2, 0.25) is 0 Å². The molecule has 0 radical (unpaired) electrons. The van der Waals surface area contributed by atoms with E-state index in [1.165, 1.54) is 32.1 Å². The molecule has 2 amide bonds. The van der Waals surface area contributed by atoms with E-state index in [0.717, 1.165) is 52.1 Å². The van der Waals surface area contributed by atoms with Crippen molar-refractivity contribution in [1.29, 1.82) is 0 Å². The van der Waals surface area contributed by atoms with Crippen LogP contribution in [0.25, 0.3) is 0 Å². The highest BCUT2D eigenvalue weighted by Crippen LogP contribution is 2.33. The first-order chi connectivity index (χ1) is 12.7. The highest BCUT2D eigenvalue weighted by Gasteiger charge is 2.40. The van der Waals surface area contributed by atoms with Gasteiger partial charge in [0.15, 0.2) is 0 Å². The number of carbonyl (C=O) groups is 2. The Labute approximate surface area is 156 Å². The Morgan fingerprint density at radius 1 is 0.769 bits per heavy atom. The van der Waals surface area contributed by atoms with E-state index < -0.39 is 0 Å². The topological polar surface area (TPSA) is 53.1 Å². The zero-order chi connectivity index (χ0) is 17.9. The van der Waals surface area contributed by atoms with Gasteiger partial charge in [-0.1, -0.05) is 19.3 Å². The molecule has 2 heterocycles. The predicted molar refractivity (Wildman–Crippen MR) is 98.6 cm³/mol. The van der Waals surface area contributed by atoms with E-state index in [1.807, 2.05) is 9.80 Å². The molecule has 0 spiro atoms. The van der Waals surface area contributed by atoms with Gasteiger partial charge >= 0.3 is 0 Å². The van der Waals surface area contributed by atoms with Crippen LogP contribution < -0.4 is 0 Å². The second-order valence-corrected chi connectivity index (χ2v) is 8.42. The number of amides is 2. The lowest BCUT2D eigenvalue weighted by atomic mass is 9.84. The normalized spacial score (nSPS) is 27.4. The largest absolute Gasteiger partial charge is 0.378 e. The van der Waals surface area contributed by atoms with E-state index >= 15 is 0 Å². The van der Waals surface area contributed by atoms with Crippen LogP contribution in [0.1, 0.15) is 44.9 Å². The fourth-order valence-electron chi connectivity index (χ4n) is 5.03. The maximum atomic E-state index is 13.3. The first-order valence-corrected chi connectivity index (χ1v) is 10.6. The molecule has 1 unspecified atom stereocenters. The van der Waals surface area contributed by atoms with E-state index in [2.05, 4.69) is 4.90 Å². The highest BCUT2D eigenvalue weighted by molar-refractivity contribution is 5.83. The van der Waals surface area contributed by atoms with E-state index in [0.29, 0.717) is 30.9 Å². The average molecular weight is 364 g/mol. The van der Waals surface area contributed by atoms with Crippen molar-refractivity contribution in [2.75, 3.05) is 52.5 Å². The zero-order valence-electron chi connectivity index (χ0n) is 15.9. The number of ether oxygens (including phenoxy) is 1. The summed E-state index contributed by atoms with van der Waals surface area (Å²) in [6.45, 7) is 6.03. The van der Waals surface area contributed by atoms with E-state index in [4.69, 9.17) is 4.74 Å². The van der Waals surface area contributed by atoms with Crippen molar-refractivity contribution in [3.05, 3.63) is 0 Å². The molecule has 4 rings (SSSR count). The van der Waals surface area contributed by atoms with Crippen molar-refractivity contribution in [2.45, 2.75) is 51.0 Å². The molecule has 146 valence electrons. The summed E-state index contributed by atoms with van der Waals surface area (Å²) in [4.78, 5) is 32.3. The van der Waals surface area contributed by atoms with Crippen LogP contribution in [0.15, 0.2) is 0 Å². The van der Waals surface area contributed by atoms with Gasteiger partial charge in [-0.15, -0.1) is 0 Å². The van der Waals surface area contributed by atoms with Gasteiger partial charge in [0.05, 0.1) is 19.3 Å². The zero-order valence-corrected chi connectivity index (χ0v) is 15.9. The van der Waals surface area contributed by atoms with E-state index in [1.54, 1.807) is 0 Å². The summed E-state index contributed by atoms with van der Waals surface area (Å²) in [5, 5.41) is 0. The minimum absolute atomic E-state index is 0.0107. The van der Waals surface area contributed by atoms with Crippen LogP contribution in [0.3, 0.4) is 0 Å². The van der Waals surface area contributed by atoms with Crippen molar-refractivity contribution in [1.82, 2.24) is 14.7 Å². The van der Waals surface area contributed by atoms with Gasteiger partial charge in [0.25, 0.3) is 0 Å². The molecule has 0 bridgehead atoms. The van der Waals surface area contributed by atoms with Gasteiger partial charge in [-0.3, -0.25) is 14.5 Å². The summed E-state index contributed by atoms with van der Waals surface area (Å²) >= 11 is 0. The quantitative estimate of drug-likeness (QED) is 0.757. The highest BCUT2D eigenvalue weighted by atomic mass is 16.5. The monoisotopic (exact) mass is 363 g/mol. The summed E-state index contributed by atoms with van der Waals surface area (Å²) in [5.74, 6) is 1.42. The molecule has 6 nitrogen and oxygen atoms in total. The Morgan fingerprint density at radius 3 is 2.00 bits per heavy atom. The summed E-state index contributed by atoms with van der Waals surface area (Å²) in [6.07, 6.45) is 8.17. The molecule has 0 aromatic heterocycles. The van der Waals surface area contributed by atoms with Crippen molar-refractivity contribution in [2.24, 2.45) is 11.8 Å². The van der Waals surface area contributed by atoms with Gasteiger partial charge in [0, 0.05) is 45.2 Å². The molecule has 4 fully saturated rings. The summed E-state index contributed by atoms with van der Waals surface area (Å²) in [7, 11) is 0. The van der Waals surface area contributed by atoms with Crippen LogP contribution in [-0.2, 0) is 14.3 Å². The van der Waals surface area contributed by atoms with Crippen molar-refractivity contribution in [3.63, 3.8) is 0 Å². The molecular weight excluding hydrogens is 330 g/mol. The lowest BCUT2D eigenvalue weighted by Gasteiger charge is -2.44. The van der Waals surface area contributed by atoms with E-state index in [9.17, 15) is 9.59 Å². The van der Waals surface area contributed by atoms with Crippen molar-refractivity contribution in [3.8, 4) is 0 Å². The number of nitrogens with zero attached hydrogens (tertiary/aromatic N) is 3. The van der Waals surface area contributed by atoms with Gasteiger partial charge in [-0.25, -0.2) is 0 Å². The molecule has 2 aliphatic carbocycles. The van der Waals surface area contributed by atoms with Gasteiger partial charge < -0.3 is 14.5 Å². The van der Waals surface area contributed by atoms with Crippen LogP contribution in [-0.4, -0.2) is 85.0 Å². The van der Waals surface area contributed by atoms with Gasteiger partial charge in [0.2, 0.25) is 11.8 Å². The Morgan fingerprint density at radius 2 is 1.42 bits per heavy atom. The van der Waals surface area contributed by atoms with Gasteiger partial charge in [-0.2, -0.15) is 0 Å². The number of rotatable bonds is 4. The Balaban J connectivity index is 1.39. The molecular formula is C20H33N3O3. The first-order valence-electron chi connectivity index (χ1n) is 10.6. The number of morpholine rings is 1. The predicted octanol–water partition coefficient (Wildman–Crippen LogP) is 1.35. The molecule has 26 heavy (non-hydrogen) atoms. The number of hydrogen-bond acceptors (Lipinski definition) is 4. The summed E-state index contributed by atoms with van der Waals surface area (Å²) in [5.41, 5.74) is 0. The minimum atomic E-state index is 0.0107. The Kier molecular flexibility index (Phi) is 5.79. The average Bonchev–Trinajstić information content (AvgIpc) is 3.16. The number of hydrogen-bond donors (Lipinski definition) is 0. The first kappa shape index (κ1) is 18.2. The Bertz CT molecular complexity index is 502. The van der Waals surface area contributed by atoms with Crippen molar-refractivity contribution < 1.29 is 14.3 Å². The molecule has 1 atom stereocenters. The van der Waals surface area contributed by atoms with Gasteiger partial charge in [-0.05, 0) is 31.6 Å². The third-order valence-electron chi connectivity index (χ3n) is 6.90. The lowest BCUT2D eigenvalue weighted by molar-refractivity contribution is -0.146. The van der Waals surface area contributed by atoms with Crippen LogP contribution in [0, 0.1) is 11.8 Å². The third-order valence-corrected chi connectivity index (χ3v) is 6.90. The summed E-state index contributed by atoms with van der Waals surface area (Å²) < 4.78 is 5.43. The SMILES string of the molecule is O=C(C1CCC1)N1CCN(C(C(=O)N2CCOCC2)C2CCCC2)CC1. The maximum Gasteiger partial charge on any atom is 0.240 e. The molecule has 2 saturated carbocycles. The lowest BCUT2D eigenvalue weighted by Crippen LogP contribution is -2.60. The fourth-order valence-corrected chi connectivity index (χ4v) is 5.03. The number of piperazine rings is 1. The fraction of sp³-hybridized carbons (Fsp3) is 0.900. The molecule has 2 saturated heterocycles. The second-order valence-electron chi connectivity index (χ2n) is 8.42. The molecule has 6 heteroatoms. The molecule has 4 aliphatic rings. The Hall–Kier alpha value is -1.14. The van der Waals surface area contributed by atoms with Crippen LogP contribution in [0.5, 0.6) is 0 Å².